The molecule has 3 N–H and O–H groups in total. The molecule has 4 aromatic rings. The Kier molecular flexibility index (Phi) is 4.56. The van der Waals surface area contributed by atoms with Gasteiger partial charge in [-0.15, -0.1) is 0 Å². The van der Waals surface area contributed by atoms with Crippen molar-refractivity contribution >= 4 is 28.4 Å². The third-order valence-corrected chi connectivity index (χ3v) is 6.47. The van der Waals surface area contributed by atoms with Gasteiger partial charge >= 0.3 is 0 Å². The van der Waals surface area contributed by atoms with Crippen molar-refractivity contribution in [1.82, 2.24) is 29.9 Å². The molecule has 0 saturated heterocycles. The van der Waals surface area contributed by atoms with Crippen LogP contribution in [0.15, 0.2) is 36.9 Å². The molecule has 0 spiro atoms. The normalized spacial score (nSPS) is 17.9. The van der Waals surface area contributed by atoms with Crippen LogP contribution in [0.25, 0.3) is 27.7 Å². The number of pyridine rings is 1. The van der Waals surface area contributed by atoms with Gasteiger partial charge in [-0.05, 0) is 30.0 Å². The van der Waals surface area contributed by atoms with Crippen LogP contribution in [-0.4, -0.2) is 49.0 Å². The van der Waals surface area contributed by atoms with E-state index in [0.29, 0.717) is 17.0 Å². The molecular formula is C23H23F2N7O. The van der Waals surface area contributed by atoms with Crippen LogP contribution in [0.4, 0.5) is 14.7 Å². The molecule has 170 valence electrons. The van der Waals surface area contributed by atoms with Crippen molar-refractivity contribution in [2.75, 3.05) is 11.9 Å². The SMILES string of the molecule is O=C(NC1CC(F)(F)C1)c1cnn2ccc(-c3c[nH]c4nc(NCCC5CC5)ncc34)cc12. The van der Waals surface area contributed by atoms with Crippen molar-refractivity contribution in [2.45, 2.75) is 44.1 Å². The van der Waals surface area contributed by atoms with Gasteiger partial charge in [-0.2, -0.15) is 10.1 Å². The Hall–Kier alpha value is -3.56. The van der Waals surface area contributed by atoms with E-state index in [1.807, 2.05) is 18.3 Å². The topological polar surface area (TPSA) is 100 Å². The van der Waals surface area contributed by atoms with E-state index in [0.717, 1.165) is 41.0 Å². The van der Waals surface area contributed by atoms with Crippen LogP contribution < -0.4 is 10.6 Å². The van der Waals surface area contributed by atoms with E-state index in [2.05, 4.69) is 30.7 Å². The molecule has 10 heteroatoms. The number of H-pyrrole nitrogens is 1. The van der Waals surface area contributed by atoms with Crippen molar-refractivity contribution in [3.05, 3.63) is 42.5 Å². The smallest absolute Gasteiger partial charge is 0.255 e. The number of amides is 1. The molecule has 6 rings (SSSR count). The molecule has 2 fully saturated rings. The van der Waals surface area contributed by atoms with Crippen molar-refractivity contribution in [1.29, 1.82) is 0 Å². The average Bonchev–Trinajstić information content (AvgIpc) is 3.34. The van der Waals surface area contributed by atoms with Gasteiger partial charge in [0.15, 0.2) is 0 Å². The Morgan fingerprint density at radius 3 is 2.91 bits per heavy atom. The zero-order chi connectivity index (χ0) is 22.6. The summed E-state index contributed by atoms with van der Waals surface area (Å²) in [5.41, 5.74) is 3.46. The number of aromatic nitrogens is 5. The fourth-order valence-corrected chi connectivity index (χ4v) is 4.38. The maximum absolute atomic E-state index is 13.1. The first-order valence-corrected chi connectivity index (χ1v) is 11.2. The number of rotatable bonds is 7. The van der Waals surface area contributed by atoms with E-state index >= 15 is 0 Å². The van der Waals surface area contributed by atoms with Crippen LogP contribution >= 0.6 is 0 Å². The number of hydrogen-bond acceptors (Lipinski definition) is 5. The minimum Gasteiger partial charge on any atom is -0.354 e. The zero-order valence-electron chi connectivity index (χ0n) is 17.8. The van der Waals surface area contributed by atoms with Gasteiger partial charge < -0.3 is 15.6 Å². The van der Waals surface area contributed by atoms with E-state index in [9.17, 15) is 13.6 Å². The number of nitrogens with one attached hydrogen (secondary N) is 3. The third kappa shape index (κ3) is 3.90. The number of carbonyl (C=O) groups excluding carboxylic acids is 1. The number of anilines is 1. The molecule has 4 heterocycles. The maximum Gasteiger partial charge on any atom is 0.255 e. The number of hydrogen-bond donors (Lipinski definition) is 3. The Morgan fingerprint density at radius 1 is 1.27 bits per heavy atom. The second-order valence-corrected chi connectivity index (χ2v) is 9.06. The summed E-state index contributed by atoms with van der Waals surface area (Å²) in [7, 11) is 0. The van der Waals surface area contributed by atoms with Crippen LogP contribution in [0, 0.1) is 5.92 Å². The van der Waals surface area contributed by atoms with Crippen LogP contribution in [0.3, 0.4) is 0 Å². The molecule has 2 aliphatic carbocycles. The van der Waals surface area contributed by atoms with Crippen LogP contribution in [-0.2, 0) is 0 Å². The summed E-state index contributed by atoms with van der Waals surface area (Å²) in [5, 5.41) is 11.1. The van der Waals surface area contributed by atoms with E-state index in [4.69, 9.17) is 0 Å². The minimum atomic E-state index is -2.68. The highest BCUT2D eigenvalue weighted by Gasteiger charge is 2.46. The predicted molar refractivity (Wildman–Crippen MR) is 119 cm³/mol. The summed E-state index contributed by atoms with van der Waals surface area (Å²) in [4.78, 5) is 24.9. The Balaban J connectivity index is 1.24. The lowest BCUT2D eigenvalue weighted by Gasteiger charge is -2.35. The first-order chi connectivity index (χ1) is 15.9. The monoisotopic (exact) mass is 451 g/mol. The fourth-order valence-electron chi connectivity index (χ4n) is 4.38. The summed E-state index contributed by atoms with van der Waals surface area (Å²) in [6, 6.07) is 3.25. The molecule has 8 nitrogen and oxygen atoms in total. The highest BCUT2D eigenvalue weighted by Crippen LogP contribution is 2.37. The van der Waals surface area contributed by atoms with Gasteiger partial charge in [0.2, 0.25) is 5.95 Å². The summed E-state index contributed by atoms with van der Waals surface area (Å²) < 4.78 is 27.8. The molecule has 2 saturated carbocycles. The highest BCUT2D eigenvalue weighted by atomic mass is 19.3. The molecule has 33 heavy (non-hydrogen) atoms. The van der Waals surface area contributed by atoms with Gasteiger partial charge in [-0.25, -0.2) is 18.3 Å². The highest BCUT2D eigenvalue weighted by molar-refractivity contribution is 6.02. The lowest BCUT2D eigenvalue weighted by molar-refractivity contribution is -0.0901. The van der Waals surface area contributed by atoms with Crippen molar-refractivity contribution in [3.8, 4) is 11.1 Å². The van der Waals surface area contributed by atoms with Crippen molar-refractivity contribution in [2.24, 2.45) is 5.92 Å². The predicted octanol–water partition coefficient (Wildman–Crippen LogP) is 4.01. The van der Waals surface area contributed by atoms with E-state index in [1.54, 1.807) is 16.9 Å². The largest absolute Gasteiger partial charge is 0.354 e. The molecule has 0 aliphatic heterocycles. The molecule has 4 aromatic heterocycles. The van der Waals surface area contributed by atoms with Crippen molar-refractivity contribution < 1.29 is 13.6 Å². The average molecular weight is 451 g/mol. The second-order valence-electron chi connectivity index (χ2n) is 9.06. The Morgan fingerprint density at radius 2 is 2.12 bits per heavy atom. The molecule has 0 bridgehead atoms. The van der Waals surface area contributed by atoms with Gasteiger partial charge in [0, 0.05) is 55.0 Å². The summed E-state index contributed by atoms with van der Waals surface area (Å²) in [6.07, 6.45) is 10.0. The second kappa shape index (κ2) is 7.50. The number of halogens is 2. The molecular weight excluding hydrogens is 428 g/mol. The van der Waals surface area contributed by atoms with Crippen molar-refractivity contribution in [3.63, 3.8) is 0 Å². The number of nitrogens with zero attached hydrogens (tertiary/aromatic N) is 4. The zero-order valence-corrected chi connectivity index (χ0v) is 17.8. The van der Waals surface area contributed by atoms with E-state index in [-0.39, 0.29) is 12.8 Å². The van der Waals surface area contributed by atoms with Crippen LogP contribution in [0.2, 0.25) is 0 Å². The summed E-state index contributed by atoms with van der Waals surface area (Å²) >= 11 is 0. The minimum absolute atomic E-state index is 0.323. The molecule has 0 aromatic carbocycles. The summed E-state index contributed by atoms with van der Waals surface area (Å²) in [6.45, 7) is 0.866. The molecule has 2 aliphatic rings. The molecule has 1 amide bonds. The maximum atomic E-state index is 13.1. The van der Waals surface area contributed by atoms with E-state index < -0.39 is 17.9 Å². The third-order valence-electron chi connectivity index (χ3n) is 6.47. The number of carbonyl (C=O) groups is 1. The van der Waals surface area contributed by atoms with Gasteiger partial charge in [-0.1, -0.05) is 12.8 Å². The first-order valence-electron chi connectivity index (χ1n) is 11.2. The number of aromatic amines is 1. The first kappa shape index (κ1) is 20.1. The lowest BCUT2D eigenvalue weighted by Crippen LogP contribution is -2.50. The molecule has 0 radical (unpaired) electrons. The Bertz CT molecular complexity index is 1350. The molecule has 0 atom stereocenters. The quantitative estimate of drug-likeness (QED) is 0.394. The van der Waals surface area contributed by atoms with Crippen LogP contribution in [0.1, 0.15) is 42.5 Å². The lowest BCUT2D eigenvalue weighted by atomic mass is 9.88. The van der Waals surface area contributed by atoms with Gasteiger partial charge in [0.25, 0.3) is 11.8 Å². The van der Waals surface area contributed by atoms with Crippen LogP contribution in [0.5, 0.6) is 0 Å². The van der Waals surface area contributed by atoms with E-state index in [1.165, 1.54) is 19.0 Å². The van der Waals surface area contributed by atoms with Gasteiger partial charge in [0.1, 0.15) is 5.65 Å². The number of fused-ring (bicyclic) bond motifs is 2. The van der Waals surface area contributed by atoms with Gasteiger partial charge in [-0.3, -0.25) is 4.79 Å². The Labute approximate surface area is 187 Å². The fraction of sp³-hybridized carbons (Fsp3) is 0.391. The summed E-state index contributed by atoms with van der Waals surface area (Å²) in [5.74, 6) is -1.63. The van der Waals surface area contributed by atoms with Gasteiger partial charge in [0.05, 0.1) is 17.3 Å². The number of alkyl halides is 2. The standard InChI is InChI=1S/C23H23F2N7O/c24-23(25)8-15(9-23)30-21(33)18-12-29-32-6-4-14(7-19(18)32)16-10-27-20-17(16)11-28-22(31-20)26-5-3-13-1-2-13/h4,6-7,10-13,15H,1-3,5,8-9H2,(H,30,33)(H2,26,27,28,31). The molecule has 0 unspecified atom stereocenters.